The van der Waals surface area contributed by atoms with Gasteiger partial charge >= 0.3 is 0 Å². The minimum Gasteiger partial charge on any atom is -0.383 e. The van der Waals surface area contributed by atoms with Crippen molar-refractivity contribution < 1.29 is 9.72 Å². The normalized spacial score (nSPS) is 11.6. The maximum absolute atomic E-state index is 12.9. The Bertz CT molecular complexity index is 1370. The van der Waals surface area contributed by atoms with Crippen LogP contribution in [0.25, 0.3) is 22.2 Å². The molecule has 4 rings (SSSR count). The number of carbonyl (C=O) groups excluding carboxylic acids is 1. The standard InChI is InChI=1S/C22H21N7O3/c1-13(2)11-24-22(30)18-19-21(27-17-9-4-3-8-16(17)26-19)28(20(18)23)25-12-14-6-5-7-15(10-14)29(31)32/h3-10,12-13H,11,23H2,1-2H3,(H,24,30). The molecule has 2 heterocycles. The van der Waals surface area contributed by atoms with Crippen LogP contribution in [0.15, 0.2) is 53.6 Å². The first kappa shape index (κ1) is 20.9. The Balaban J connectivity index is 1.86. The van der Waals surface area contributed by atoms with Crippen molar-refractivity contribution in [3.63, 3.8) is 0 Å². The maximum Gasteiger partial charge on any atom is 0.270 e. The van der Waals surface area contributed by atoms with Crippen molar-refractivity contribution in [3.8, 4) is 0 Å². The Morgan fingerprint density at radius 1 is 1.22 bits per heavy atom. The Labute approximate surface area is 182 Å². The number of nitro groups is 1. The molecule has 3 N–H and O–H groups in total. The molecule has 1 amide bonds. The lowest BCUT2D eigenvalue weighted by Gasteiger charge is -2.07. The number of anilines is 1. The number of nitrogens with one attached hydrogen (secondary N) is 1. The predicted molar refractivity (Wildman–Crippen MR) is 123 cm³/mol. The quantitative estimate of drug-likeness (QED) is 0.272. The summed E-state index contributed by atoms with van der Waals surface area (Å²) in [7, 11) is 0. The average molecular weight is 431 g/mol. The topological polar surface area (TPSA) is 141 Å². The smallest absolute Gasteiger partial charge is 0.270 e. The van der Waals surface area contributed by atoms with Crippen molar-refractivity contribution in [3.05, 3.63) is 69.8 Å². The average Bonchev–Trinajstić information content (AvgIpc) is 3.04. The van der Waals surface area contributed by atoms with Crippen molar-refractivity contribution in [2.24, 2.45) is 11.0 Å². The second-order valence-electron chi connectivity index (χ2n) is 7.66. The van der Waals surface area contributed by atoms with E-state index in [0.717, 1.165) is 0 Å². The van der Waals surface area contributed by atoms with E-state index in [0.29, 0.717) is 34.3 Å². The highest BCUT2D eigenvalue weighted by Gasteiger charge is 2.24. The van der Waals surface area contributed by atoms with Gasteiger partial charge in [-0.2, -0.15) is 9.78 Å². The van der Waals surface area contributed by atoms with Crippen LogP contribution < -0.4 is 11.1 Å². The van der Waals surface area contributed by atoms with Crippen LogP contribution in [0.5, 0.6) is 0 Å². The van der Waals surface area contributed by atoms with Crippen molar-refractivity contribution in [1.82, 2.24) is 20.0 Å². The summed E-state index contributed by atoms with van der Waals surface area (Å²) in [6.45, 7) is 4.45. The molecule has 0 aliphatic heterocycles. The first-order chi connectivity index (χ1) is 15.3. The van der Waals surface area contributed by atoms with Crippen LogP contribution in [0.2, 0.25) is 0 Å². The van der Waals surface area contributed by atoms with Gasteiger partial charge in [0.1, 0.15) is 16.9 Å². The maximum atomic E-state index is 12.9. The summed E-state index contributed by atoms with van der Waals surface area (Å²) < 4.78 is 1.33. The number of nitrogens with two attached hydrogens (primary N) is 1. The third-order valence-electron chi connectivity index (χ3n) is 4.78. The molecule has 0 spiro atoms. The van der Waals surface area contributed by atoms with Crippen LogP contribution in [0, 0.1) is 16.0 Å². The lowest BCUT2D eigenvalue weighted by molar-refractivity contribution is -0.384. The minimum atomic E-state index is -0.481. The zero-order valence-electron chi connectivity index (χ0n) is 17.5. The van der Waals surface area contributed by atoms with Crippen LogP contribution in [0.1, 0.15) is 29.8 Å². The molecule has 0 aliphatic rings. The number of hydrogen-bond acceptors (Lipinski definition) is 7. The van der Waals surface area contributed by atoms with Crippen molar-refractivity contribution in [2.75, 3.05) is 12.3 Å². The van der Waals surface area contributed by atoms with E-state index in [1.54, 1.807) is 24.3 Å². The van der Waals surface area contributed by atoms with Gasteiger partial charge in [-0.15, -0.1) is 0 Å². The van der Waals surface area contributed by atoms with Crippen LogP contribution in [-0.2, 0) is 0 Å². The molecule has 162 valence electrons. The Morgan fingerprint density at radius 2 is 1.94 bits per heavy atom. The SMILES string of the molecule is CC(C)CNC(=O)c1c(N)n(N=Cc2cccc([N+](=O)[O-])c2)c2nc3ccccc3nc12. The third kappa shape index (κ3) is 3.97. The van der Waals surface area contributed by atoms with E-state index in [2.05, 4.69) is 20.4 Å². The molecule has 0 aliphatic carbocycles. The number of amides is 1. The lowest BCUT2D eigenvalue weighted by Crippen LogP contribution is -2.28. The summed E-state index contributed by atoms with van der Waals surface area (Å²) in [6, 6.07) is 13.3. The summed E-state index contributed by atoms with van der Waals surface area (Å²) in [5.41, 5.74) is 8.86. The summed E-state index contributed by atoms with van der Waals surface area (Å²) >= 11 is 0. The number of carbonyl (C=O) groups is 1. The van der Waals surface area contributed by atoms with E-state index in [4.69, 9.17) is 5.73 Å². The molecule has 32 heavy (non-hydrogen) atoms. The number of nitrogens with zero attached hydrogens (tertiary/aromatic N) is 5. The number of aromatic nitrogens is 3. The van der Waals surface area contributed by atoms with Gasteiger partial charge in [0.15, 0.2) is 5.65 Å². The molecule has 0 saturated carbocycles. The first-order valence-electron chi connectivity index (χ1n) is 9.99. The molecular weight excluding hydrogens is 410 g/mol. The van der Waals surface area contributed by atoms with Gasteiger partial charge < -0.3 is 11.1 Å². The summed E-state index contributed by atoms with van der Waals surface area (Å²) in [6.07, 6.45) is 1.43. The highest BCUT2D eigenvalue weighted by molar-refractivity contribution is 6.10. The molecule has 2 aromatic heterocycles. The fourth-order valence-electron chi connectivity index (χ4n) is 3.22. The number of hydrogen-bond donors (Lipinski definition) is 2. The van der Waals surface area contributed by atoms with Gasteiger partial charge in [-0.25, -0.2) is 9.97 Å². The third-order valence-corrected chi connectivity index (χ3v) is 4.78. The van der Waals surface area contributed by atoms with Crippen molar-refractivity contribution in [2.45, 2.75) is 13.8 Å². The van der Waals surface area contributed by atoms with Crippen LogP contribution in [0.3, 0.4) is 0 Å². The van der Waals surface area contributed by atoms with E-state index in [9.17, 15) is 14.9 Å². The zero-order chi connectivity index (χ0) is 22.8. The zero-order valence-corrected chi connectivity index (χ0v) is 17.5. The number of benzene rings is 2. The second-order valence-corrected chi connectivity index (χ2v) is 7.66. The Kier molecular flexibility index (Phi) is 5.50. The largest absolute Gasteiger partial charge is 0.383 e. The molecule has 0 atom stereocenters. The Morgan fingerprint density at radius 3 is 2.62 bits per heavy atom. The second kappa shape index (κ2) is 8.42. The molecule has 0 saturated heterocycles. The molecule has 0 radical (unpaired) electrons. The molecule has 10 heteroatoms. The monoisotopic (exact) mass is 431 g/mol. The van der Waals surface area contributed by atoms with Gasteiger partial charge in [-0.3, -0.25) is 14.9 Å². The molecule has 0 fully saturated rings. The van der Waals surface area contributed by atoms with E-state index in [1.807, 2.05) is 26.0 Å². The molecule has 10 nitrogen and oxygen atoms in total. The van der Waals surface area contributed by atoms with Gasteiger partial charge in [-0.05, 0) is 18.1 Å². The lowest BCUT2D eigenvalue weighted by atomic mass is 10.2. The molecule has 2 aromatic carbocycles. The van der Waals surface area contributed by atoms with Crippen molar-refractivity contribution in [1.29, 1.82) is 0 Å². The van der Waals surface area contributed by atoms with Gasteiger partial charge in [0.2, 0.25) is 0 Å². The summed E-state index contributed by atoms with van der Waals surface area (Å²) in [5, 5.41) is 18.3. The van der Waals surface area contributed by atoms with Gasteiger partial charge in [0.05, 0.1) is 22.2 Å². The van der Waals surface area contributed by atoms with Crippen LogP contribution in [0.4, 0.5) is 11.5 Å². The van der Waals surface area contributed by atoms with E-state index >= 15 is 0 Å². The fraction of sp³-hybridized carbons (Fsp3) is 0.182. The molecule has 4 aromatic rings. The van der Waals surface area contributed by atoms with Crippen molar-refractivity contribution >= 4 is 45.8 Å². The predicted octanol–water partition coefficient (Wildman–Crippen LogP) is 3.34. The number of nitro benzene ring substituents is 1. The number of fused-ring (bicyclic) bond motifs is 2. The molecule has 0 unspecified atom stereocenters. The fourth-order valence-corrected chi connectivity index (χ4v) is 3.22. The van der Waals surface area contributed by atoms with Gasteiger partial charge in [-0.1, -0.05) is 38.1 Å². The minimum absolute atomic E-state index is 0.0566. The summed E-state index contributed by atoms with van der Waals surface area (Å²) in [5.74, 6) is -0.0272. The first-order valence-corrected chi connectivity index (χ1v) is 9.99. The summed E-state index contributed by atoms with van der Waals surface area (Å²) in [4.78, 5) is 32.7. The van der Waals surface area contributed by atoms with Crippen LogP contribution in [-0.4, -0.2) is 38.2 Å². The van der Waals surface area contributed by atoms with Crippen LogP contribution >= 0.6 is 0 Å². The molecule has 0 bridgehead atoms. The number of non-ortho nitro benzene ring substituents is 1. The van der Waals surface area contributed by atoms with E-state index in [1.165, 1.54) is 23.0 Å². The van der Waals surface area contributed by atoms with E-state index < -0.39 is 4.92 Å². The van der Waals surface area contributed by atoms with Gasteiger partial charge in [0, 0.05) is 24.2 Å². The van der Waals surface area contributed by atoms with Gasteiger partial charge in [0.25, 0.3) is 11.6 Å². The number of nitrogen functional groups attached to an aromatic ring is 1. The Hall–Kier alpha value is -4.34. The highest BCUT2D eigenvalue weighted by Crippen LogP contribution is 2.28. The highest BCUT2D eigenvalue weighted by atomic mass is 16.6. The van der Waals surface area contributed by atoms with E-state index in [-0.39, 0.29) is 28.9 Å². The number of rotatable bonds is 6. The molecular formula is C22H21N7O3. The number of para-hydroxylation sites is 2.